The molecule has 0 heterocycles. The van der Waals surface area contributed by atoms with E-state index in [1.807, 2.05) is 0 Å². The molecule has 1 aliphatic carbocycles. The van der Waals surface area contributed by atoms with Crippen molar-refractivity contribution in [2.24, 2.45) is 5.92 Å². The lowest BCUT2D eigenvalue weighted by Crippen LogP contribution is -2.40. The molecule has 114 valence electrons. The van der Waals surface area contributed by atoms with Gasteiger partial charge >= 0.3 is 5.97 Å². The van der Waals surface area contributed by atoms with E-state index < -0.39 is 5.97 Å². The third kappa shape index (κ3) is 5.21. The Bertz CT molecular complexity index is 548. The van der Waals surface area contributed by atoms with Gasteiger partial charge in [-0.1, -0.05) is 11.6 Å². The standard InChI is InChI=1S/C14H15BrClNO4/c15-10-5-9(16)3-4-12(10)21-7-13(18)17-11(6-14(19)20)8-1-2-8/h3-5,8,11H,1-2,6-7H2,(H,17,18)(H,19,20). The average molecular weight is 377 g/mol. The van der Waals surface area contributed by atoms with Crippen molar-refractivity contribution in [2.45, 2.75) is 25.3 Å². The van der Waals surface area contributed by atoms with Crippen LogP contribution in [0.25, 0.3) is 0 Å². The van der Waals surface area contributed by atoms with Crippen LogP contribution in [-0.4, -0.2) is 29.6 Å². The summed E-state index contributed by atoms with van der Waals surface area (Å²) in [6, 6.07) is 4.69. The van der Waals surface area contributed by atoms with E-state index in [1.54, 1.807) is 18.2 Å². The van der Waals surface area contributed by atoms with E-state index in [4.69, 9.17) is 21.4 Å². The Labute approximate surface area is 135 Å². The molecule has 0 spiro atoms. The van der Waals surface area contributed by atoms with Gasteiger partial charge in [0.05, 0.1) is 10.9 Å². The maximum absolute atomic E-state index is 11.8. The number of carbonyl (C=O) groups is 2. The Morgan fingerprint density at radius 1 is 1.48 bits per heavy atom. The molecule has 1 aromatic rings. The average Bonchev–Trinajstić information content (AvgIpc) is 3.20. The second-order valence-electron chi connectivity index (χ2n) is 4.97. The number of amides is 1. The predicted molar refractivity (Wildman–Crippen MR) is 81.6 cm³/mol. The molecular formula is C14H15BrClNO4. The fraction of sp³-hybridized carbons (Fsp3) is 0.429. The fourth-order valence-corrected chi connectivity index (χ4v) is 2.80. The van der Waals surface area contributed by atoms with E-state index in [-0.39, 0.29) is 30.9 Å². The number of aliphatic carboxylic acids is 1. The van der Waals surface area contributed by atoms with E-state index in [0.717, 1.165) is 12.8 Å². The van der Waals surface area contributed by atoms with E-state index in [0.29, 0.717) is 15.2 Å². The largest absolute Gasteiger partial charge is 0.483 e. The van der Waals surface area contributed by atoms with Crippen LogP contribution in [0.4, 0.5) is 0 Å². The first-order valence-corrected chi connectivity index (χ1v) is 7.72. The molecule has 0 bridgehead atoms. The van der Waals surface area contributed by atoms with E-state index in [9.17, 15) is 9.59 Å². The summed E-state index contributed by atoms with van der Waals surface area (Å²) < 4.78 is 6.05. The predicted octanol–water partition coefficient (Wildman–Crippen LogP) is 2.85. The van der Waals surface area contributed by atoms with Gasteiger partial charge in [0, 0.05) is 11.1 Å². The molecule has 0 aromatic heterocycles. The number of ether oxygens (including phenoxy) is 1. The molecule has 7 heteroatoms. The molecule has 1 saturated carbocycles. The second-order valence-corrected chi connectivity index (χ2v) is 6.26. The number of halogens is 2. The minimum Gasteiger partial charge on any atom is -0.483 e. The van der Waals surface area contributed by atoms with E-state index in [2.05, 4.69) is 21.2 Å². The zero-order valence-electron chi connectivity index (χ0n) is 11.1. The normalized spacial score (nSPS) is 15.3. The summed E-state index contributed by atoms with van der Waals surface area (Å²) in [6.45, 7) is -0.164. The Morgan fingerprint density at radius 3 is 2.76 bits per heavy atom. The van der Waals surface area contributed by atoms with Crippen LogP contribution in [0.15, 0.2) is 22.7 Å². The van der Waals surface area contributed by atoms with Crippen molar-refractivity contribution in [3.63, 3.8) is 0 Å². The summed E-state index contributed by atoms with van der Waals surface area (Å²) >= 11 is 9.11. The molecule has 0 saturated heterocycles. The maximum atomic E-state index is 11.8. The van der Waals surface area contributed by atoms with E-state index >= 15 is 0 Å². The molecule has 21 heavy (non-hydrogen) atoms. The molecule has 1 atom stereocenters. The first-order chi connectivity index (χ1) is 9.95. The number of carboxylic acid groups (broad SMARTS) is 1. The second kappa shape index (κ2) is 7.13. The number of benzene rings is 1. The van der Waals surface area contributed by atoms with Gasteiger partial charge in [0.2, 0.25) is 0 Å². The van der Waals surface area contributed by atoms with Gasteiger partial charge < -0.3 is 15.2 Å². The summed E-state index contributed by atoms with van der Waals surface area (Å²) in [7, 11) is 0. The van der Waals surface area contributed by atoms with Crippen LogP contribution in [-0.2, 0) is 9.59 Å². The zero-order valence-corrected chi connectivity index (χ0v) is 13.5. The van der Waals surface area contributed by atoms with Crippen molar-refractivity contribution in [1.82, 2.24) is 5.32 Å². The van der Waals surface area contributed by atoms with Gasteiger partial charge in [0.1, 0.15) is 5.75 Å². The molecular weight excluding hydrogens is 362 g/mol. The summed E-state index contributed by atoms with van der Waals surface area (Å²) in [5.41, 5.74) is 0. The Morgan fingerprint density at radius 2 is 2.19 bits per heavy atom. The Hall–Kier alpha value is -1.27. The minimum atomic E-state index is -0.909. The molecule has 2 rings (SSSR count). The zero-order chi connectivity index (χ0) is 15.4. The lowest BCUT2D eigenvalue weighted by molar-refractivity contribution is -0.138. The minimum absolute atomic E-state index is 0.0545. The molecule has 1 unspecified atom stereocenters. The van der Waals surface area contributed by atoms with Gasteiger partial charge in [-0.2, -0.15) is 0 Å². The van der Waals surface area contributed by atoms with Gasteiger partial charge in [0.25, 0.3) is 5.91 Å². The monoisotopic (exact) mass is 375 g/mol. The quantitative estimate of drug-likeness (QED) is 0.767. The summed E-state index contributed by atoms with van der Waals surface area (Å²) in [6.07, 6.45) is 1.87. The number of carbonyl (C=O) groups excluding carboxylic acids is 1. The highest BCUT2D eigenvalue weighted by atomic mass is 79.9. The van der Waals surface area contributed by atoms with Gasteiger partial charge in [-0.3, -0.25) is 9.59 Å². The van der Waals surface area contributed by atoms with E-state index in [1.165, 1.54) is 0 Å². The molecule has 1 amide bonds. The first kappa shape index (κ1) is 16.1. The summed E-state index contributed by atoms with van der Waals surface area (Å²) in [5, 5.41) is 12.1. The fourth-order valence-electron chi connectivity index (χ4n) is 2.01. The smallest absolute Gasteiger partial charge is 0.305 e. The molecule has 1 fully saturated rings. The van der Waals surface area contributed by atoms with Crippen LogP contribution in [0.3, 0.4) is 0 Å². The van der Waals surface area contributed by atoms with Gasteiger partial charge in [0.15, 0.2) is 6.61 Å². The third-order valence-corrected chi connectivity index (χ3v) is 4.04. The molecule has 5 nitrogen and oxygen atoms in total. The van der Waals surface area contributed by atoms with Gasteiger partial charge in [-0.25, -0.2) is 0 Å². The van der Waals surface area contributed by atoms with Crippen LogP contribution < -0.4 is 10.1 Å². The van der Waals surface area contributed by atoms with Crippen LogP contribution in [0, 0.1) is 5.92 Å². The van der Waals surface area contributed by atoms with Crippen LogP contribution >= 0.6 is 27.5 Å². The van der Waals surface area contributed by atoms with Crippen molar-refractivity contribution >= 4 is 39.4 Å². The van der Waals surface area contributed by atoms with Crippen molar-refractivity contribution in [3.05, 3.63) is 27.7 Å². The number of carboxylic acids is 1. The van der Waals surface area contributed by atoms with Crippen molar-refractivity contribution in [2.75, 3.05) is 6.61 Å². The highest BCUT2D eigenvalue weighted by molar-refractivity contribution is 9.10. The molecule has 0 radical (unpaired) electrons. The number of nitrogens with one attached hydrogen (secondary N) is 1. The number of hydrogen-bond donors (Lipinski definition) is 2. The highest BCUT2D eigenvalue weighted by Gasteiger charge is 2.33. The topological polar surface area (TPSA) is 75.6 Å². The highest BCUT2D eigenvalue weighted by Crippen LogP contribution is 2.34. The maximum Gasteiger partial charge on any atom is 0.305 e. The van der Waals surface area contributed by atoms with Crippen molar-refractivity contribution in [3.8, 4) is 5.75 Å². The van der Waals surface area contributed by atoms with Crippen molar-refractivity contribution in [1.29, 1.82) is 0 Å². The van der Waals surface area contributed by atoms with Gasteiger partial charge in [-0.15, -0.1) is 0 Å². The first-order valence-electron chi connectivity index (χ1n) is 6.54. The lowest BCUT2D eigenvalue weighted by atomic mass is 10.1. The van der Waals surface area contributed by atoms with Gasteiger partial charge in [-0.05, 0) is 52.9 Å². The Balaban J connectivity index is 1.84. The number of hydrogen-bond acceptors (Lipinski definition) is 3. The van der Waals surface area contributed by atoms with Crippen LogP contribution in [0.5, 0.6) is 5.75 Å². The number of rotatable bonds is 7. The third-order valence-electron chi connectivity index (χ3n) is 3.18. The molecule has 1 aromatic carbocycles. The van der Waals surface area contributed by atoms with Crippen molar-refractivity contribution < 1.29 is 19.4 Å². The molecule has 0 aliphatic heterocycles. The SMILES string of the molecule is O=C(O)CC(NC(=O)COc1ccc(Cl)cc1Br)C1CC1. The Kier molecular flexibility index (Phi) is 5.47. The lowest BCUT2D eigenvalue weighted by Gasteiger charge is -2.16. The van der Waals surface area contributed by atoms with Crippen LogP contribution in [0.2, 0.25) is 5.02 Å². The summed E-state index contributed by atoms with van der Waals surface area (Å²) in [4.78, 5) is 22.6. The van der Waals surface area contributed by atoms with Crippen LogP contribution in [0.1, 0.15) is 19.3 Å². The molecule has 1 aliphatic rings. The molecule has 2 N–H and O–H groups in total. The summed E-state index contributed by atoms with van der Waals surface area (Å²) in [5.74, 6) is -0.452.